The summed E-state index contributed by atoms with van der Waals surface area (Å²) in [6.45, 7) is 8.15. The van der Waals surface area contributed by atoms with Crippen LogP contribution in [0.5, 0.6) is 0 Å². The Balaban J connectivity index is 1.19. The van der Waals surface area contributed by atoms with Crippen LogP contribution in [0.25, 0.3) is 11.1 Å². The SMILES string of the molecule is Cc1c(F)c(F)c2nc(CCC(C)[C@H]3CC[C@H]4[C@@H]5CC[C@@H]6C[C@H](O)CC[C@]6(C)[C@H]5C[C@H](O)[C@]34C)oc2c1F. The second-order valence-corrected chi connectivity index (χ2v) is 13.8. The summed E-state index contributed by atoms with van der Waals surface area (Å²) in [6.07, 6.45) is 8.89. The highest BCUT2D eigenvalue weighted by molar-refractivity contribution is 5.75. The first-order valence-electron chi connectivity index (χ1n) is 14.7. The van der Waals surface area contributed by atoms with Gasteiger partial charge in [0.1, 0.15) is 0 Å². The third kappa shape index (κ3) is 3.73. The van der Waals surface area contributed by atoms with Crippen LogP contribution < -0.4 is 0 Å². The average Bonchev–Trinajstić information content (AvgIpc) is 3.48. The Kier molecular flexibility index (Phi) is 6.46. The molecule has 7 heteroatoms. The molecule has 0 bridgehead atoms. The molecule has 1 aromatic heterocycles. The summed E-state index contributed by atoms with van der Waals surface area (Å²) in [4.78, 5) is 4.10. The minimum atomic E-state index is -1.22. The zero-order chi connectivity index (χ0) is 27.1. The number of hydrogen-bond acceptors (Lipinski definition) is 4. The molecular formula is C31H42F3NO3. The molecule has 0 spiro atoms. The van der Waals surface area contributed by atoms with Crippen molar-refractivity contribution in [3.63, 3.8) is 0 Å². The lowest BCUT2D eigenvalue weighted by Crippen LogP contribution is -2.58. The van der Waals surface area contributed by atoms with Crippen LogP contribution in [0.1, 0.15) is 90.0 Å². The quantitative estimate of drug-likeness (QED) is 0.411. The molecule has 0 radical (unpaired) electrons. The molecule has 0 amide bonds. The number of aromatic nitrogens is 1. The zero-order valence-corrected chi connectivity index (χ0v) is 23.1. The molecule has 1 unspecified atom stereocenters. The number of halogens is 3. The highest BCUT2D eigenvalue weighted by Gasteiger charge is 2.63. The van der Waals surface area contributed by atoms with E-state index in [1.807, 2.05) is 0 Å². The minimum Gasteiger partial charge on any atom is -0.437 e. The van der Waals surface area contributed by atoms with Gasteiger partial charge >= 0.3 is 0 Å². The topological polar surface area (TPSA) is 66.5 Å². The maximum Gasteiger partial charge on any atom is 0.195 e. The van der Waals surface area contributed by atoms with Crippen LogP contribution in [-0.2, 0) is 6.42 Å². The Hall–Kier alpha value is -1.60. The van der Waals surface area contributed by atoms with Gasteiger partial charge in [0.15, 0.2) is 34.4 Å². The Morgan fingerprint density at radius 2 is 1.74 bits per heavy atom. The summed E-state index contributed by atoms with van der Waals surface area (Å²) < 4.78 is 48.4. The van der Waals surface area contributed by atoms with Gasteiger partial charge in [0.2, 0.25) is 0 Å². The molecule has 0 saturated heterocycles. The normalized spacial score (nSPS) is 41.6. The summed E-state index contributed by atoms with van der Waals surface area (Å²) in [7, 11) is 0. The molecule has 2 aromatic rings. The molecule has 4 fully saturated rings. The first-order valence-corrected chi connectivity index (χ1v) is 14.7. The van der Waals surface area contributed by atoms with Crippen molar-refractivity contribution in [2.75, 3.05) is 0 Å². The lowest BCUT2D eigenvalue weighted by molar-refractivity contribution is -0.174. The van der Waals surface area contributed by atoms with Crippen molar-refractivity contribution < 1.29 is 27.8 Å². The van der Waals surface area contributed by atoms with Gasteiger partial charge in [0, 0.05) is 12.0 Å². The molecule has 38 heavy (non-hydrogen) atoms. The van der Waals surface area contributed by atoms with Crippen molar-refractivity contribution in [3.05, 3.63) is 28.9 Å². The summed E-state index contributed by atoms with van der Waals surface area (Å²) in [5.41, 5.74) is -1.03. The van der Waals surface area contributed by atoms with Gasteiger partial charge in [0.05, 0.1) is 12.2 Å². The third-order valence-corrected chi connectivity index (χ3v) is 12.2. The fraction of sp³-hybridized carbons (Fsp3) is 0.774. The Morgan fingerprint density at radius 1 is 0.974 bits per heavy atom. The Labute approximate surface area is 223 Å². The summed E-state index contributed by atoms with van der Waals surface area (Å²) in [6, 6.07) is 0. The molecule has 4 aliphatic carbocycles. The van der Waals surface area contributed by atoms with E-state index in [0.29, 0.717) is 36.0 Å². The van der Waals surface area contributed by atoms with Gasteiger partial charge in [-0.2, -0.15) is 0 Å². The molecule has 10 atom stereocenters. The van der Waals surface area contributed by atoms with E-state index in [4.69, 9.17) is 4.42 Å². The van der Waals surface area contributed by atoms with E-state index < -0.39 is 23.0 Å². The van der Waals surface area contributed by atoms with Crippen LogP contribution in [0.15, 0.2) is 4.42 Å². The maximum atomic E-state index is 14.5. The highest BCUT2D eigenvalue weighted by Crippen LogP contribution is 2.68. The zero-order valence-electron chi connectivity index (χ0n) is 23.1. The first kappa shape index (κ1) is 26.6. The summed E-state index contributed by atoms with van der Waals surface area (Å²) in [5.74, 6) is -0.237. The standard InChI is InChI=1S/C31H42F3NO3/c1-15(5-10-24-35-28-27(34)25(32)16(2)26(33)29(28)38-24)20-8-9-21-19-7-6-17-13-18(36)11-12-30(17,3)22(19)14-23(37)31(20,21)4/h15,17-23,36-37H,5-14H2,1-4H3/t15?,17-,18-,19+,20-,21+,22+,23+,30+,31-/m1/s1. The first-order chi connectivity index (χ1) is 18.0. The van der Waals surface area contributed by atoms with E-state index in [1.165, 1.54) is 19.8 Å². The van der Waals surface area contributed by atoms with Crippen LogP contribution in [0.3, 0.4) is 0 Å². The molecule has 6 rings (SSSR count). The molecule has 1 aromatic carbocycles. The largest absolute Gasteiger partial charge is 0.437 e. The summed E-state index contributed by atoms with van der Waals surface area (Å²) >= 11 is 0. The number of nitrogens with zero attached hydrogens (tertiary/aromatic N) is 1. The number of aliphatic hydroxyl groups is 2. The smallest absolute Gasteiger partial charge is 0.195 e. The average molecular weight is 534 g/mol. The monoisotopic (exact) mass is 533 g/mol. The fourth-order valence-corrected chi connectivity index (χ4v) is 10.0. The Bertz CT molecular complexity index is 1190. The van der Waals surface area contributed by atoms with E-state index in [1.54, 1.807) is 0 Å². The van der Waals surface area contributed by atoms with Crippen LogP contribution in [-0.4, -0.2) is 27.4 Å². The Morgan fingerprint density at radius 3 is 2.50 bits per heavy atom. The molecule has 2 N–H and O–H groups in total. The maximum absolute atomic E-state index is 14.5. The molecule has 4 aliphatic rings. The lowest BCUT2D eigenvalue weighted by Gasteiger charge is -2.62. The molecule has 210 valence electrons. The number of aryl methyl sites for hydroxylation is 1. The third-order valence-electron chi connectivity index (χ3n) is 12.2. The second kappa shape index (κ2) is 9.22. The van der Waals surface area contributed by atoms with Gasteiger partial charge in [-0.1, -0.05) is 20.8 Å². The van der Waals surface area contributed by atoms with E-state index in [-0.39, 0.29) is 45.9 Å². The van der Waals surface area contributed by atoms with Crippen LogP contribution in [0, 0.1) is 70.7 Å². The number of aliphatic hydroxyl groups excluding tert-OH is 2. The predicted molar refractivity (Wildman–Crippen MR) is 139 cm³/mol. The molecular weight excluding hydrogens is 491 g/mol. The summed E-state index contributed by atoms with van der Waals surface area (Å²) in [5, 5.41) is 22.1. The van der Waals surface area contributed by atoms with Gasteiger partial charge in [-0.3, -0.25) is 0 Å². The van der Waals surface area contributed by atoms with Gasteiger partial charge in [-0.05, 0) is 111 Å². The van der Waals surface area contributed by atoms with Crippen molar-refractivity contribution in [2.45, 2.75) is 104 Å². The van der Waals surface area contributed by atoms with E-state index >= 15 is 0 Å². The van der Waals surface area contributed by atoms with Crippen molar-refractivity contribution >= 4 is 11.1 Å². The molecule has 4 saturated carbocycles. The van der Waals surface area contributed by atoms with Gasteiger partial charge in [-0.25, -0.2) is 18.2 Å². The minimum absolute atomic E-state index is 0.155. The molecule has 4 nitrogen and oxygen atoms in total. The van der Waals surface area contributed by atoms with Gasteiger partial charge in [-0.15, -0.1) is 0 Å². The number of oxazole rings is 1. The number of benzene rings is 1. The number of fused-ring (bicyclic) bond motifs is 6. The van der Waals surface area contributed by atoms with Gasteiger partial charge < -0.3 is 14.6 Å². The van der Waals surface area contributed by atoms with E-state index in [0.717, 1.165) is 44.9 Å². The second-order valence-electron chi connectivity index (χ2n) is 13.8. The lowest BCUT2D eigenvalue weighted by atomic mass is 9.43. The van der Waals surface area contributed by atoms with Crippen LogP contribution in [0.2, 0.25) is 0 Å². The molecule has 0 aliphatic heterocycles. The van der Waals surface area contributed by atoms with Gasteiger partial charge in [0.25, 0.3) is 0 Å². The van der Waals surface area contributed by atoms with Crippen molar-refractivity contribution in [1.29, 1.82) is 0 Å². The fourth-order valence-electron chi connectivity index (χ4n) is 10.0. The van der Waals surface area contributed by atoms with Crippen LogP contribution >= 0.6 is 0 Å². The van der Waals surface area contributed by atoms with Crippen molar-refractivity contribution in [2.24, 2.45) is 46.3 Å². The van der Waals surface area contributed by atoms with Crippen LogP contribution in [0.4, 0.5) is 13.2 Å². The van der Waals surface area contributed by atoms with E-state index in [2.05, 4.69) is 25.8 Å². The predicted octanol–water partition coefficient (Wildman–Crippen LogP) is 7.11. The number of rotatable bonds is 4. The van der Waals surface area contributed by atoms with Crippen molar-refractivity contribution in [1.82, 2.24) is 4.98 Å². The highest BCUT2D eigenvalue weighted by atomic mass is 19.2. The number of hydrogen-bond donors (Lipinski definition) is 2. The molecule has 1 heterocycles. The van der Waals surface area contributed by atoms with E-state index in [9.17, 15) is 23.4 Å². The van der Waals surface area contributed by atoms with Crippen molar-refractivity contribution in [3.8, 4) is 0 Å².